The van der Waals surface area contributed by atoms with Gasteiger partial charge in [-0.25, -0.2) is 0 Å². The molecule has 1 amide bonds. The maximum atomic E-state index is 12.2. The lowest BCUT2D eigenvalue weighted by molar-refractivity contribution is -0.144. The number of anilines is 1. The van der Waals surface area contributed by atoms with E-state index in [0.29, 0.717) is 12.8 Å². The van der Waals surface area contributed by atoms with Gasteiger partial charge in [-0.05, 0) is 50.5 Å². The van der Waals surface area contributed by atoms with Crippen molar-refractivity contribution >= 4 is 33.5 Å². The maximum Gasteiger partial charge on any atom is 0.326 e. The molecule has 0 aromatic heterocycles. The van der Waals surface area contributed by atoms with Gasteiger partial charge in [0.15, 0.2) is 0 Å². The molecule has 114 valence electrons. The summed E-state index contributed by atoms with van der Waals surface area (Å²) in [6.45, 7) is 3.70. The molecule has 1 saturated carbocycles. The highest BCUT2D eigenvalue weighted by molar-refractivity contribution is 9.10. The summed E-state index contributed by atoms with van der Waals surface area (Å²) in [5.74, 6) is -0.478. The number of hydrogen-bond acceptors (Lipinski definition) is 4. The van der Waals surface area contributed by atoms with E-state index in [1.807, 2.05) is 25.1 Å². The first-order valence-electron chi connectivity index (χ1n) is 6.81. The summed E-state index contributed by atoms with van der Waals surface area (Å²) in [5.41, 5.74) is 1.10. The molecule has 0 spiro atoms. The summed E-state index contributed by atoms with van der Waals surface area (Å²) >= 11 is 3.42. The summed E-state index contributed by atoms with van der Waals surface area (Å²) in [7, 11) is 1.36. The van der Waals surface area contributed by atoms with Gasteiger partial charge in [-0.1, -0.05) is 15.9 Å². The lowest BCUT2D eigenvalue weighted by Gasteiger charge is -2.20. The second-order valence-corrected chi connectivity index (χ2v) is 6.25. The van der Waals surface area contributed by atoms with E-state index in [9.17, 15) is 9.59 Å². The smallest absolute Gasteiger partial charge is 0.326 e. The molecule has 2 N–H and O–H groups in total. The van der Waals surface area contributed by atoms with E-state index in [1.165, 1.54) is 7.11 Å². The molecule has 0 saturated heterocycles. The van der Waals surface area contributed by atoms with Crippen LogP contribution in [0.25, 0.3) is 0 Å². The Labute approximate surface area is 132 Å². The molecule has 0 radical (unpaired) electrons. The number of carbonyl (C=O) groups excluding carboxylic acids is 2. The molecule has 1 fully saturated rings. The maximum absolute atomic E-state index is 12.2. The number of hydrogen-bond donors (Lipinski definition) is 2. The van der Waals surface area contributed by atoms with E-state index < -0.39 is 11.6 Å². The zero-order valence-corrected chi connectivity index (χ0v) is 13.9. The van der Waals surface area contributed by atoms with Crippen molar-refractivity contribution in [3.63, 3.8) is 0 Å². The number of ether oxygens (including phenoxy) is 1. The minimum absolute atomic E-state index is 0.174. The van der Waals surface area contributed by atoms with E-state index in [4.69, 9.17) is 4.74 Å². The van der Waals surface area contributed by atoms with Crippen molar-refractivity contribution < 1.29 is 14.3 Å². The molecular formula is C15H19BrN2O3. The van der Waals surface area contributed by atoms with Crippen LogP contribution in [0, 0.1) is 6.92 Å². The Bertz CT molecular complexity index is 570. The first-order chi connectivity index (χ1) is 9.88. The number of esters is 1. The average Bonchev–Trinajstić information content (AvgIpc) is 3.22. The highest BCUT2D eigenvalue weighted by Gasteiger charge is 2.52. The van der Waals surface area contributed by atoms with Gasteiger partial charge in [0.1, 0.15) is 5.54 Å². The van der Waals surface area contributed by atoms with Crippen molar-refractivity contribution in [2.24, 2.45) is 0 Å². The summed E-state index contributed by atoms with van der Waals surface area (Å²) in [6.07, 6.45) is 1.41. The van der Waals surface area contributed by atoms with Gasteiger partial charge in [0.05, 0.1) is 13.2 Å². The molecule has 0 bridgehead atoms. The molecule has 1 aliphatic carbocycles. The van der Waals surface area contributed by atoms with E-state index in [2.05, 4.69) is 26.6 Å². The van der Waals surface area contributed by atoms with E-state index in [-0.39, 0.29) is 11.9 Å². The quantitative estimate of drug-likeness (QED) is 0.796. The normalized spacial score (nSPS) is 17.0. The largest absolute Gasteiger partial charge is 0.468 e. The SMILES string of the molecule is COC(=O)C1(N[C@@H](C)C(=O)Nc2ccc(Br)c(C)c2)CC1. The van der Waals surface area contributed by atoms with Crippen molar-refractivity contribution in [3.05, 3.63) is 28.2 Å². The average molecular weight is 355 g/mol. The molecule has 5 nitrogen and oxygen atoms in total. The van der Waals surface area contributed by atoms with Gasteiger partial charge in [-0.15, -0.1) is 0 Å². The van der Waals surface area contributed by atoms with Crippen LogP contribution in [0.15, 0.2) is 22.7 Å². The summed E-state index contributed by atoms with van der Waals surface area (Å²) in [6, 6.07) is 5.13. The van der Waals surface area contributed by atoms with Gasteiger partial charge in [0.25, 0.3) is 0 Å². The third-order valence-corrected chi connectivity index (χ3v) is 4.53. The molecule has 6 heteroatoms. The van der Waals surface area contributed by atoms with Gasteiger partial charge in [0.2, 0.25) is 5.91 Å². The Morgan fingerprint density at radius 3 is 2.57 bits per heavy atom. The minimum Gasteiger partial charge on any atom is -0.468 e. The zero-order chi connectivity index (χ0) is 15.6. The fourth-order valence-corrected chi connectivity index (χ4v) is 2.43. The Morgan fingerprint density at radius 1 is 1.38 bits per heavy atom. The van der Waals surface area contributed by atoms with Crippen LogP contribution in [-0.4, -0.2) is 30.6 Å². The third kappa shape index (κ3) is 3.63. The van der Waals surface area contributed by atoms with Crippen molar-refractivity contribution in [2.75, 3.05) is 12.4 Å². The zero-order valence-electron chi connectivity index (χ0n) is 12.3. The summed E-state index contributed by atoms with van der Waals surface area (Å²) in [4.78, 5) is 23.9. The van der Waals surface area contributed by atoms with Crippen LogP contribution >= 0.6 is 15.9 Å². The Kier molecular flexibility index (Phi) is 4.68. The molecule has 21 heavy (non-hydrogen) atoms. The number of rotatable bonds is 5. The minimum atomic E-state index is -0.679. The number of methoxy groups -OCH3 is 1. The summed E-state index contributed by atoms with van der Waals surface area (Å²) in [5, 5.41) is 5.91. The van der Waals surface area contributed by atoms with Crippen LogP contribution in [0.1, 0.15) is 25.3 Å². The topological polar surface area (TPSA) is 67.4 Å². The van der Waals surface area contributed by atoms with Crippen molar-refractivity contribution in [3.8, 4) is 0 Å². The number of carbonyl (C=O) groups is 2. The third-order valence-electron chi connectivity index (χ3n) is 3.64. The number of aryl methyl sites for hydroxylation is 1. The van der Waals surface area contributed by atoms with Crippen LogP contribution in [0.5, 0.6) is 0 Å². The summed E-state index contributed by atoms with van der Waals surface area (Å²) < 4.78 is 5.76. The van der Waals surface area contributed by atoms with Gasteiger partial charge in [-0.2, -0.15) is 0 Å². The monoisotopic (exact) mass is 354 g/mol. The van der Waals surface area contributed by atoms with E-state index in [1.54, 1.807) is 6.92 Å². The molecule has 1 aromatic rings. The number of amides is 1. The van der Waals surface area contributed by atoms with Crippen LogP contribution in [0.3, 0.4) is 0 Å². The molecule has 2 rings (SSSR count). The molecule has 0 aliphatic heterocycles. The second-order valence-electron chi connectivity index (χ2n) is 5.39. The lowest BCUT2D eigenvalue weighted by Crippen LogP contribution is -2.49. The van der Waals surface area contributed by atoms with Crippen molar-refractivity contribution in [1.82, 2.24) is 5.32 Å². The predicted molar refractivity (Wildman–Crippen MR) is 84.1 cm³/mol. The van der Waals surface area contributed by atoms with Crippen LogP contribution in [0.2, 0.25) is 0 Å². The molecule has 0 heterocycles. The molecule has 1 atom stereocenters. The number of benzene rings is 1. The highest BCUT2D eigenvalue weighted by atomic mass is 79.9. The number of nitrogens with one attached hydrogen (secondary N) is 2. The lowest BCUT2D eigenvalue weighted by atomic mass is 10.2. The van der Waals surface area contributed by atoms with Crippen molar-refractivity contribution in [1.29, 1.82) is 0 Å². The molecule has 1 aliphatic rings. The van der Waals surface area contributed by atoms with Gasteiger partial charge in [-0.3, -0.25) is 14.9 Å². The van der Waals surface area contributed by atoms with Gasteiger partial charge >= 0.3 is 5.97 Å². The predicted octanol–water partition coefficient (Wildman–Crippen LogP) is 2.38. The Hall–Kier alpha value is -1.40. The standard InChI is InChI=1S/C15H19BrN2O3/c1-9-8-11(4-5-12(9)16)17-13(19)10(2)18-15(6-7-15)14(20)21-3/h4-5,8,10,18H,6-7H2,1-3H3,(H,17,19)/t10-/m0/s1. The van der Waals surface area contributed by atoms with Gasteiger partial charge < -0.3 is 10.1 Å². The molecule has 0 unspecified atom stereocenters. The fraction of sp³-hybridized carbons (Fsp3) is 0.467. The van der Waals surface area contributed by atoms with E-state index >= 15 is 0 Å². The molecular weight excluding hydrogens is 336 g/mol. The van der Waals surface area contributed by atoms with E-state index in [0.717, 1.165) is 15.7 Å². The van der Waals surface area contributed by atoms with Crippen LogP contribution in [-0.2, 0) is 14.3 Å². The number of halogens is 1. The first-order valence-corrected chi connectivity index (χ1v) is 7.60. The Balaban J connectivity index is 1.97. The highest BCUT2D eigenvalue weighted by Crippen LogP contribution is 2.37. The second kappa shape index (κ2) is 6.15. The fourth-order valence-electron chi connectivity index (χ4n) is 2.18. The van der Waals surface area contributed by atoms with Crippen LogP contribution in [0.4, 0.5) is 5.69 Å². The molecule has 1 aromatic carbocycles. The van der Waals surface area contributed by atoms with Crippen LogP contribution < -0.4 is 10.6 Å². The van der Waals surface area contributed by atoms with Gasteiger partial charge in [0, 0.05) is 10.2 Å². The first kappa shape index (κ1) is 16.0. The Morgan fingerprint density at radius 2 is 2.05 bits per heavy atom. The van der Waals surface area contributed by atoms with Crippen molar-refractivity contribution in [2.45, 2.75) is 38.3 Å².